The summed E-state index contributed by atoms with van der Waals surface area (Å²) in [7, 11) is 1.03. The highest BCUT2D eigenvalue weighted by Gasteiger charge is 2.56. The summed E-state index contributed by atoms with van der Waals surface area (Å²) in [6.45, 7) is 8.92. The van der Waals surface area contributed by atoms with Crippen molar-refractivity contribution in [1.82, 2.24) is 10.8 Å². The Bertz CT molecular complexity index is 1380. The van der Waals surface area contributed by atoms with E-state index in [9.17, 15) is 33.6 Å². The number of carbonyl (C=O) groups is 7. The fourth-order valence-electron chi connectivity index (χ4n) is 4.36. The van der Waals surface area contributed by atoms with Gasteiger partial charge in [0.2, 0.25) is 12.4 Å². The summed E-state index contributed by atoms with van der Waals surface area (Å²) >= 11 is 0. The lowest BCUT2D eigenvalue weighted by Gasteiger charge is -2.43. The number of ether oxygens (including phenoxy) is 9. The lowest BCUT2D eigenvalue weighted by atomic mass is 9.97. The Morgan fingerprint density at radius 2 is 1.41 bits per heavy atom. The molecule has 19 heteroatoms. The summed E-state index contributed by atoms with van der Waals surface area (Å²) in [5.41, 5.74) is 1.41. The first-order valence-corrected chi connectivity index (χ1v) is 15.6. The van der Waals surface area contributed by atoms with Crippen LogP contribution < -0.4 is 15.5 Å². The summed E-state index contributed by atoms with van der Waals surface area (Å²) in [4.78, 5) is 90.1. The average molecular weight is 729 g/mol. The number of aldehydes is 1. The molecule has 51 heavy (non-hydrogen) atoms. The monoisotopic (exact) mass is 728 g/mol. The van der Waals surface area contributed by atoms with Gasteiger partial charge in [0.15, 0.2) is 18.3 Å². The van der Waals surface area contributed by atoms with Crippen molar-refractivity contribution in [2.45, 2.75) is 77.8 Å². The van der Waals surface area contributed by atoms with Gasteiger partial charge in [0.25, 0.3) is 5.91 Å². The van der Waals surface area contributed by atoms with Crippen molar-refractivity contribution in [2.75, 3.05) is 46.7 Å². The Kier molecular flexibility index (Phi) is 17.2. The summed E-state index contributed by atoms with van der Waals surface area (Å²) in [5, 5.41) is 2.62. The first-order valence-electron chi connectivity index (χ1n) is 15.6. The number of esters is 4. The molecule has 2 amide bonds. The van der Waals surface area contributed by atoms with Crippen LogP contribution in [-0.4, -0.2) is 125 Å². The Labute approximate surface area is 293 Å². The van der Waals surface area contributed by atoms with Crippen LogP contribution in [0.3, 0.4) is 0 Å². The molecule has 5 atom stereocenters. The van der Waals surface area contributed by atoms with E-state index in [2.05, 4.69) is 10.8 Å². The Balaban J connectivity index is 2.07. The van der Waals surface area contributed by atoms with Gasteiger partial charge in [0.1, 0.15) is 17.6 Å². The summed E-state index contributed by atoms with van der Waals surface area (Å²) < 4.78 is 48.2. The normalized spacial score (nSPS) is 19.9. The summed E-state index contributed by atoms with van der Waals surface area (Å²) in [6.07, 6.45) is -8.56. The van der Waals surface area contributed by atoms with E-state index in [0.29, 0.717) is 6.29 Å². The van der Waals surface area contributed by atoms with Crippen LogP contribution in [0.2, 0.25) is 0 Å². The van der Waals surface area contributed by atoms with Crippen LogP contribution in [0.4, 0.5) is 4.79 Å². The van der Waals surface area contributed by atoms with Gasteiger partial charge >= 0.3 is 30.0 Å². The number of rotatable bonds is 18. The van der Waals surface area contributed by atoms with E-state index in [4.69, 9.17) is 47.5 Å². The van der Waals surface area contributed by atoms with Crippen LogP contribution in [0.25, 0.3) is 0 Å². The van der Waals surface area contributed by atoms with Crippen molar-refractivity contribution in [3.05, 3.63) is 29.3 Å². The van der Waals surface area contributed by atoms with Gasteiger partial charge in [-0.15, -0.1) is 0 Å². The predicted octanol–water partition coefficient (Wildman–Crippen LogP) is 0.790. The first kappa shape index (κ1) is 42.3. The molecule has 0 aliphatic carbocycles. The van der Waals surface area contributed by atoms with E-state index in [1.165, 1.54) is 18.2 Å². The van der Waals surface area contributed by atoms with Crippen molar-refractivity contribution in [3.63, 3.8) is 0 Å². The van der Waals surface area contributed by atoms with Crippen molar-refractivity contribution in [3.8, 4) is 5.75 Å². The van der Waals surface area contributed by atoms with E-state index in [-0.39, 0.29) is 56.5 Å². The van der Waals surface area contributed by atoms with E-state index >= 15 is 0 Å². The van der Waals surface area contributed by atoms with Crippen molar-refractivity contribution < 1.29 is 81.0 Å². The minimum absolute atomic E-state index is 0.0194. The quantitative estimate of drug-likeness (QED) is 0.0699. The minimum Gasteiger partial charge on any atom is -0.467 e. The van der Waals surface area contributed by atoms with Gasteiger partial charge < -0.3 is 47.9 Å². The third-order valence-corrected chi connectivity index (χ3v) is 6.25. The van der Waals surface area contributed by atoms with Crippen molar-refractivity contribution >= 4 is 42.2 Å². The molecule has 1 aliphatic rings. The molecule has 0 bridgehead atoms. The molecule has 1 saturated heterocycles. The molecule has 0 saturated carbocycles. The third kappa shape index (κ3) is 14.9. The molecular weight excluding hydrogens is 684 g/mol. The van der Waals surface area contributed by atoms with Crippen LogP contribution >= 0.6 is 0 Å². The van der Waals surface area contributed by atoms with Crippen LogP contribution in [-0.2, 0) is 61.9 Å². The molecule has 1 aliphatic heterocycles. The zero-order valence-electron chi connectivity index (χ0n) is 29.4. The first-order chi connectivity index (χ1) is 24.1. The van der Waals surface area contributed by atoms with Gasteiger partial charge in [-0.2, -0.15) is 5.48 Å². The Morgan fingerprint density at radius 1 is 0.824 bits per heavy atom. The molecule has 2 N–H and O–H groups in total. The van der Waals surface area contributed by atoms with E-state index in [1.54, 1.807) is 20.8 Å². The minimum atomic E-state index is -1.73. The largest absolute Gasteiger partial charge is 0.467 e. The standard InChI is InChI=1S/C32H44N2O17/c1-18(36)46-24-25(47-19(2)37)27(48-20(3)38)30(50-26(24)29(40)42-7)49-23-9-8-21(17-35)16-22(23)28(39)33-10-11-43-12-13-44-14-15-45-34-31(41)51-32(4,5)6/h8-9,16-17,24-27,30H,10-15H2,1-7H3,(H,33,39)(H,34,41)/t24-,25?,26?,27+,30?/m0/s1. The third-order valence-electron chi connectivity index (χ3n) is 6.25. The molecule has 1 fully saturated rings. The fraction of sp³-hybridized carbons (Fsp3) is 0.594. The highest BCUT2D eigenvalue weighted by atomic mass is 16.7. The highest BCUT2D eigenvalue weighted by Crippen LogP contribution is 2.32. The molecule has 284 valence electrons. The molecule has 0 aromatic heterocycles. The second-order valence-electron chi connectivity index (χ2n) is 11.6. The molecular formula is C32H44N2O17. The van der Waals surface area contributed by atoms with Crippen molar-refractivity contribution in [1.29, 1.82) is 0 Å². The Morgan fingerprint density at radius 3 is 2.00 bits per heavy atom. The number of benzene rings is 1. The zero-order chi connectivity index (χ0) is 38.1. The molecule has 0 spiro atoms. The number of hydrogen-bond acceptors (Lipinski definition) is 17. The second-order valence-corrected chi connectivity index (χ2v) is 11.6. The topological polar surface area (TPSA) is 236 Å². The molecule has 0 radical (unpaired) electrons. The fourth-order valence-corrected chi connectivity index (χ4v) is 4.36. The number of hydroxylamine groups is 1. The van der Waals surface area contributed by atoms with Crippen LogP contribution in [0, 0.1) is 0 Å². The van der Waals surface area contributed by atoms with Gasteiger partial charge in [-0.3, -0.25) is 28.8 Å². The van der Waals surface area contributed by atoms with Gasteiger partial charge in [-0.1, -0.05) is 0 Å². The van der Waals surface area contributed by atoms with E-state index in [1.807, 2.05) is 0 Å². The lowest BCUT2D eigenvalue weighted by molar-refractivity contribution is -0.282. The van der Waals surface area contributed by atoms with Gasteiger partial charge in [0.05, 0.1) is 45.7 Å². The maximum atomic E-state index is 13.2. The van der Waals surface area contributed by atoms with Gasteiger partial charge in [0, 0.05) is 32.9 Å². The average Bonchev–Trinajstić information content (AvgIpc) is 3.04. The maximum absolute atomic E-state index is 13.2. The van der Waals surface area contributed by atoms with Gasteiger partial charge in [-0.25, -0.2) is 9.59 Å². The highest BCUT2D eigenvalue weighted by molar-refractivity contribution is 5.98. The molecule has 1 aromatic carbocycles. The SMILES string of the molecule is COC(=O)C1OC(Oc2ccc(C=O)cc2C(=O)NCCOCCOCCONC(=O)OC(C)(C)C)[C@H](OC(C)=O)C(OC(C)=O)[C@@H]1OC(C)=O. The van der Waals surface area contributed by atoms with Crippen LogP contribution in [0.5, 0.6) is 5.75 Å². The second kappa shape index (κ2) is 20.7. The molecule has 3 unspecified atom stereocenters. The van der Waals surface area contributed by atoms with Gasteiger partial charge in [-0.05, 0) is 39.0 Å². The molecule has 19 nitrogen and oxygen atoms in total. The number of hydrogen-bond donors (Lipinski definition) is 2. The number of amides is 2. The predicted molar refractivity (Wildman–Crippen MR) is 169 cm³/mol. The Hall–Kier alpha value is -4.85. The van der Waals surface area contributed by atoms with E-state index in [0.717, 1.165) is 27.9 Å². The number of nitrogens with one attached hydrogen (secondary N) is 2. The molecule has 1 heterocycles. The summed E-state index contributed by atoms with van der Waals surface area (Å²) in [5.74, 6) is -4.58. The number of carbonyl (C=O) groups excluding carboxylic acids is 7. The molecule has 2 rings (SSSR count). The molecule has 1 aromatic rings. The van der Waals surface area contributed by atoms with Crippen LogP contribution in [0.15, 0.2) is 18.2 Å². The smallest absolute Gasteiger partial charge is 0.431 e. The summed E-state index contributed by atoms with van der Waals surface area (Å²) in [6, 6.07) is 3.81. The maximum Gasteiger partial charge on any atom is 0.431 e. The lowest BCUT2D eigenvalue weighted by Crippen LogP contribution is -2.64. The number of methoxy groups -OCH3 is 1. The van der Waals surface area contributed by atoms with Crippen molar-refractivity contribution in [2.24, 2.45) is 0 Å². The zero-order valence-corrected chi connectivity index (χ0v) is 29.4. The van der Waals surface area contributed by atoms with Crippen LogP contribution in [0.1, 0.15) is 62.3 Å². The van der Waals surface area contributed by atoms with E-state index < -0.39 is 72.2 Å².